The van der Waals surface area contributed by atoms with Gasteiger partial charge in [0.15, 0.2) is 11.3 Å². The van der Waals surface area contributed by atoms with Crippen LogP contribution in [0, 0.1) is 0 Å². The minimum atomic E-state index is -4.62. The number of fused-ring (bicyclic) bond motifs is 3. The molecule has 0 radical (unpaired) electrons. The quantitative estimate of drug-likeness (QED) is 0.869. The highest BCUT2D eigenvalue weighted by molar-refractivity contribution is 5.52. The fourth-order valence-corrected chi connectivity index (χ4v) is 2.40. The van der Waals surface area contributed by atoms with Crippen LogP contribution in [0.1, 0.15) is 30.8 Å². The Morgan fingerprint density at radius 1 is 1.35 bits per heavy atom. The number of H-pyrrole nitrogens is 1. The maximum absolute atomic E-state index is 12.7. The van der Waals surface area contributed by atoms with Crippen molar-refractivity contribution >= 4 is 5.65 Å². The lowest BCUT2D eigenvalue weighted by molar-refractivity contribution is -0.141. The third-order valence-electron chi connectivity index (χ3n) is 3.54. The second-order valence-corrected chi connectivity index (χ2v) is 5.20. The molecule has 0 saturated heterocycles. The molecule has 3 heterocycles. The number of hydrogen-bond donors (Lipinski definition) is 1. The first-order chi connectivity index (χ1) is 9.27. The molecule has 1 aliphatic heterocycles. The van der Waals surface area contributed by atoms with E-state index >= 15 is 0 Å². The van der Waals surface area contributed by atoms with Crippen LogP contribution in [0.15, 0.2) is 10.9 Å². The van der Waals surface area contributed by atoms with Crippen LogP contribution in [-0.4, -0.2) is 25.5 Å². The van der Waals surface area contributed by atoms with Gasteiger partial charge in [0.2, 0.25) is 0 Å². The van der Waals surface area contributed by atoms with Crippen LogP contribution in [0.4, 0.5) is 13.2 Å². The van der Waals surface area contributed by atoms with Gasteiger partial charge in [0, 0.05) is 30.8 Å². The molecular formula is C12H13F3N4O. The lowest BCUT2D eigenvalue weighted by Crippen LogP contribution is -2.26. The van der Waals surface area contributed by atoms with Gasteiger partial charge in [-0.3, -0.25) is 14.8 Å². The minimum Gasteiger partial charge on any atom is -0.292 e. The largest absolute Gasteiger partial charge is 0.433 e. The molecule has 1 aliphatic rings. The second kappa shape index (κ2) is 4.08. The number of rotatable bonds is 1. The Bertz CT molecular complexity index is 729. The van der Waals surface area contributed by atoms with Gasteiger partial charge in [-0.15, -0.1) is 0 Å². The van der Waals surface area contributed by atoms with Crippen LogP contribution in [-0.2, 0) is 19.3 Å². The number of alkyl halides is 3. The van der Waals surface area contributed by atoms with Gasteiger partial charge in [0.05, 0.1) is 5.69 Å². The third-order valence-corrected chi connectivity index (χ3v) is 3.54. The monoisotopic (exact) mass is 286 g/mol. The average Bonchev–Trinajstić information content (AvgIpc) is 2.85. The zero-order valence-electron chi connectivity index (χ0n) is 11.0. The summed E-state index contributed by atoms with van der Waals surface area (Å²) in [5, 5.41) is 2.84. The number of aromatic nitrogens is 3. The van der Waals surface area contributed by atoms with Gasteiger partial charge in [0.25, 0.3) is 5.56 Å². The fourth-order valence-electron chi connectivity index (χ4n) is 2.40. The van der Waals surface area contributed by atoms with Crippen LogP contribution in [0.25, 0.3) is 5.65 Å². The SMILES string of the molecule is CC(C)N1Cc2[nH]n3c(=O)cc(C(F)(F)F)nc3c2C1. The van der Waals surface area contributed by atoms with Crippen molar-refractivity contribution in [3.63, 3.8) is 0 Å². The molecule has 0 amide bonds. The summed E-state index contributed by atoms with van der Waals surface area (Å²) in [5.41, 5.74) is -0.396. The van der Waals surface area contributed by atoms with Gasteiger partial charge in [-0.2, -0.15) is 13.2 Å². The van der Waals surface area contributed by atoms with Crippen molar-refractivity contribution in [2.75, 3.05) is 0 Å². The van der Waals surface area contributed by atoms with Gasteiger partial charge in [-0.1, -0.05) is 0 Å². The van der Waals surface area contributed by atoms with Crippen molar-refractivity contribution in [2.24, 2.45) is 0 Å². The van der Waals surface area contributed by atoms with E-state index in [0.29, 0.717) is 24.7 Å². The van der Waals surface area contributed by atoms with E-state index in [4.69, 9.17) is 0 Å². The zero-order chi connectivity index (χ0) is 14.7. The Balaban J connectivity index is 2.17. The number of nitrogens with zero attached hydrogens (tertiary/aromatic N) is 3. The summed E-state index contributed by atoms with van der Waals surface area (Å²) in [6, 6.07) is 0.784. The summed E-state index contributed by atoms with van der Waals surface area (Å²) in [6.07, 6.45) is -4.62. The second-order valence-electron chi connectivity index (χ2n) is 5.20. The first-order valence-electron chi connectivity index (χ1n) is 6.22. The molecule has 0 saturated carbocycles. The van der Waals surface area contributed by atoms with E-state index < -0.39 is 17.4 Å². The maximum Gasteiger partial charge on any atom is 0.433 e. The highest BCUT2D eigenvalue weighted by atomic mass is 19.4. The van der Waals surface area contributed by atoms with E-state index in [9.17, 15) is 18.0 Å². The van der Waals surface area contributed by atoms with Crippen molar-refractivity contribution in [1.29, 1.82) is 0 Å². The van der Waals surface area contributed by atoms with Crippen LogP contribution in [0.2, 0.25) is 0 Å². The molecule has 3 rings (SSSR count). The van der Waals surface area contributed by atoms with Crippen molar-refractivity contribution in [1.82, 2.24) is 19.5 Å². The predicted octanol–water partition coefficient (Wildman–Crippen LogP) is 1.77. The normalized spacial score (nSPS) is 16.3. The molecule has 2 aromatic rings. The van der Waals surface area contributed by atoms with Gasteiger partial charge in [0.1, 0.15) is 0 Å². The fraction of sp³-hybridized carbons (Fsp3) is 0.500. The molecule has 0 atom stereocenters. The Morgan fingerprint density at radius 3 is 2.65 bits per heavy atom. The lowest BCUT2D eigenvalue weighted by Gasteiger charge is -2.19. The van der Waals surface area contributed by atoms with Crippen molar-refractivity contribution < 1.29 is 13.2 Å². The number of nitrogens with one attached hydrogen (secondary N) is 1. The molecule has 0 spiro atoms. The van der Waals surface area contributed by atoms with E-state index in [1.165, 1.54) is 0 Å². The van der Waals surface area contributed by atoms with Crippen molar-refractivity contribution in [3.8, 4) is 0 Å². The van der Waals surface area contributed by atoms with Crippen LogP contribution < -0.4 is 5.56 Å². The Labute approximate surface area is 112 Å². The molecule has 1 N–H and O–H groups in total. The summed E-state index contributed by atoms with van der Waals surface area (Å²) in [7, 11) is 0. The van der Waals surface area contributed by atoms with E-state index in [0.717, 1.165) is 10.2 Å². The molecule has 0 aromatic carbocycles. The van der Waals surface area contributed by atoms with E-state index in [2.05, 4.69) is 15.0 Å². The van der Waals surface area contributed by atoms with Crippen LogP contribution in [0.3, 0.4) is 0 Å². The molecule has 108 valence electrons. The average molecular weight is 286 g/mol. The molecule has 20 heavy (non-hydrogen) atoms. The molecule has 2 aromatic heterocycles. The zero-order valence-corrected chi connectivity index (χ0v) is 11.0. The van der Waals surface area contributed by atoms with E-state index in [1.54, 1.807) is 0 Å². The van der Waals surface area contributed by atoms with Crippen LogP contribution in [0.5, 0.6) is 0 Å². The van der Waals surface area contributed by atoms with Gasteiger partial charge < -0.3 is 0 Å². The highest BCUT2D eigenvalue weighted by Crippen LogP contribution is 2.30. The molecule has 0 unspecified atom stereocenters. The summed E-state index contributed by atoms with van der Waals surface area (Å²) in [6.45, 7) is 5.09. The molecular weight excluding hydrogens is 273 g/mol. The Kier molecular flexibility index (Phi) is 2.69. The summed E-state index contributed by atoms with van der Waals surface area (Å²) >= 11 is 0. The van der Waals surface area contributed by atoms with Gasteiger partial charge in [-0.05, 0) is 13.8 Å². The first kappa shape index (κ1) is 13.2. The Hall–Kier alpha value is -1.83. The van der Waals surface area contributed by atoms with E-state index in [-0.39, 0.29) is 11.7 Å². The number of halogens is 3. The number of hydrogen-bond acceptors (Lipinski definition) is 3. The summed E-state index contributed by atoms with van der Waals surface area (Å²) in [4.78, 5) is 17.4. The van der Waals surface area contributed by atoms with Crippen LogP contribution >= 0.6 is 0 Å². The maximum atomic E-state index is 12.7. The van der Waals surface area contributed by atoms with E-state index in [1.807, 2.05) is 13.8 Å². The standard InChI is InChI=1S/C12H13F3N4O/c1-6(2)18-4-7-8(5-18)17-19-10(20)3-9(12(13,14)15)16-11(7)19/h3,6,17H,4-5H2,1-2H3. The molecule has 0 bridgehead atoms. The van der Waals surface area contributed by atoms with Gasteiger partial charge in [-0.25, -0.2) is 9.50 Å². The molecule has 8 heteroatoms. The van der Waals surface area contributed by atoms with Crippen molar-refractivity contribution in [2.45, 2.75) is 39.2 Å². The van der Waals surface area contributed by atoms with Crippen molar-refractivity contribution in [3.05, 3.63) is 33.4 Å². The first-order valence-corrected chi connectivity index (χ1v) is 6.22. The summed E-state index contributed by atoms with van der Waals surface area (Å²) < 4.78 is 39.3. The van der Waals surface area contributed by atoms with Gasteiger partial charge >= 0.3 is 6.18 Å². The molecule has 0 fully saturated rings. The lowest BCUT2D eigenvalue weighted by atomic mass is 10.3. The topological polar surface area (TPSA) is 53.4 Å². The molecule has 0 aliphatic carbocycles. The smallest absolute Gasteiger partial charge is 0.292 e. The molecule has 5 nitrogen and oxygen atoms in total. The number of aromatic amines is 1. The summed E-state index contributed by atoms with van der Waals surface area (Å²) in [5.74, 6) is 0. The predicted molar refractivity (Wildman–Crippen MR) is 65.2 cm³/mol. The minimum absolute atomic E-state index is 0.0722. The third kappa shape index (κ3) is 1.91. The highest BCUT2D eigenvalue weighted by Gasteiger charge is 2.35. The Morgan fingerprint density at radius 2 is 2.05 bits per heavy atom.